The number of anilines is 2. The summed E-state index contributed by atoms with van der Waals surface area (Å²) in [7, 11) is -1.69. The molecule has 30 heavy (non-hydrogen) atoms. The SMILES string of the molecule is CC(=O)Nc1cc(NC(C)=O)cc(C(=O)O[C@H](C)C(=O)N(C)[C@H]2CCS(=O)(=O)C2)c1. The Morgan fingerprint density at radius 1 is 1.07 bits per heavy atom. The summed E-state index contributed by atoms with van der Waals surface area (Å²) in [6.07, 6.45) is -0.816. The molecule has 0 unspecified atom stereocenters. The molecule has 1 fully saturated rings. The van der Waals surface area contributed by atoms with Gasteiger partial charge in [-0.25, -0.2) is 13.2 Å². The summed E-state index contributed by atoms with van der Waals surface area (Å²) in [5, 5.41) is 5.05. The van der Waals surface area contributed by atoms with Crippen LogP contribution in [0.25, 0.3) is 0 Å². The molecule has 2 rings (SSSR count). The second-order valence-electron chi connectivity index (χ2n) is 7.21. The number of hydrogen-bond donors (Lipinski definition) is 2. The molecule has 0 aromatic heterocycles. The highest BCUT2D eigenvalue weighted by molar-refractivity contribution is 7.91. The van der Waals surface area contributed by atoms with E-state index in [-0.39, 0.29) is 40.3 Å². The van der Waals surface area contributed by atoms with Crippen LogP contribution in [0.3, 0.4) is 0 Å². The number of carbonyl (C=O) groups excluding carboxylic acids is 4. The highest BCUT2D eigenvalue weighted by atomic mass is 32.2. The zero-order chi connectivity index (χ0) is 22.6. The summed E-state index contributed by atoms with van der Waals surface area (Å²) in [4.78, 5) is 49.1. The molecule has 1 aliphatic rings. The van der Waals surface area contributed by atoms with Crippen LogP contribution in [0.2, 0.25) is 0 Å². The van der Waals surface area contributed by atoms with Gasteiger partial charge >= 0.3 is 5.97 Å². The van der Waals surface area contributed by atoms with E-state index in [9.17, 15) is 27.6 Å². The average molecular weight is 439 g/mol. The van der Waals surface area contributed by atoms with E-state index in [1.165, 1.54) is 50.9 Å². The van der Waals surface area contributed by atoms with Gasteiger partial charge in [0.05, 0.1) is 17.1 Å². The van der Waals surface area contributed by atoms with Gasteiger partial charge < -0.3 is 20.3 Å². The molecule has 3 amide bonds. The number of benzene rings is 1. The molecule has 0 spiro atoms. The summed E-state index contributed by atoms with van der Waals surface area (Å²) in [6.45, 7) is 3.98. The van der Waals surface area contributed by atoms with E-state index in [2.05, 4.69) is 10.6 Å². The Bertz CT molecular complexity index is 940. The number of carbonyl (C=O) groups is 4. The summed E-state index contributed by atoms with van der Waals surface area (Å²) in [5.41, 5.74) is 0.566. The van der Waals surface area contributed by atoms with Crippen molar-refractivity contribution in [3.63, 3.8) is 0 Å². The minimum atomic E-state index is -3.17. The third-order valence-corrected chi connectivity index (χ3v) is 6.30. The first-order valence-electron chi connectivity index (χ1n) is 9.26. The summed E-state index contributed by atoms with van der Waals surface area (Å²) in [5.74, 6) is -2.19. The predicted molar refractivity (Wildman–Crippen MR) is 110 cm³/mol. The Hall–Kier alpha value is -2.95. The van der Waals surface area contributed by atoms with Gasteiger partial charge in [-0.2, -0.15) is 0 Å². The van der Waals surface area contributed by atoms with E-state index in [0.717, 1.165) is 0 Å². The lowest BCUT2D eigenvalue weighted by Crippen LogP contribution is -2.44. The molecule has 2 N–H and O–H groups in total. The van der Waals surface area contributed by atoms with Crippen molar-refractivity contribution in [1.82, 2.24) is 4.90 Å². The Morgan fingerprint density at radius 2 is 1.60 bits per heavy atom. The standard InChI is InChI=1S/C19H25N3O7S/c1-11(18(25)22(4)17-5-6-30(27,28)10-17)29-19(26)14-7-15(20-12(2)23)9-16(8-14)21-13(3)24/h7-9,11,17H,5-6,10H2,1-4H3,(H,20,23)(H,21,24)/t11-,17+/m1/s1. The van der Waals surface area contributed by atoms with Crippen LogP contribution >= 0.6 is 0 Å². The molecule has 0 bridgehead atoms. The molecular weight excluding hydrogens is 414 g/mol. The molecule has 164 valence electrons. The van der Waals surface area contributed by atoms with Crippen LogP contribution in [0.1, 0.15) is 37.6 Å². The van der Waals surface area contributed by atoms with Crippen molar-refractivity contribution in [2.24, 2.45) is 0 Å². The third-order valence-electron chi connectivity index (χ3n) is 4.54. The summed E-state index contributed by atoms with van der Waals surface area (Å²) in [6, 6.07) is 3.74. The van der Waals surface area contributed by atoms with Crippen molar-refractivity contribution in [2.75, 3.05) is 29.2 Å². The number of rotatable bonds is 6. The van der Waals surface area contributed by atoms with Crippen molar-refractivity contribution >= 4 is 44.9 Å². The zero-order valence-electron chi connectivity index (χ0n) is 17.2. The van der Waals surface area contributed by atoms with Crippen molar-refractivity contribution in [2.45, 2.75) is 39.3 Å². The maximum atomic E-state index is 12.6. The smallest absolute Gasteiger partial charge is 0.339 e. The highest BCUT2D eigenvalue weighted by Gasteiger charge is 2.35. The van der Waals surface area contributed by atoms with E-state index in [4.69, 9.17) is 4.74 Å². The fourth-order valence-corrected chi connectivity index (χ4v) is 4.90. The fraction of sp³-hybridized carbons (Fsp3) is 0.474. The Balaban J connectivity index is 2.14. The molecule has 1 saturated heterocycles. The van der Waals surface area contributed by atoms with E-state index < -0.39 is 33.9 Å². The van der Waals surface area contributed by atoms with Gasteiger partial charge in [0.15, 0.2) is 15.9 Å². The van der Waals surface area contributed by atoms with E-state index >= 15 is 0 Å². The van der Waals surface area contributed by atoms with E-state index in [0.29, 0.717) is 6.42 Å². The van der Waals surface area contributed by atoms with Gasteiger partial charge in [-0.05, 0) is 31.5 Å². The Labute approximate surface area is 174 Å². The Kier molecular flexibility index (Phi) is 7.19. The number of amides is 3. The quantitative estimate of drug-likeness (QED) is 0.625. The fourth-order valence-electron chi connectivity index (χ4n) is 3.12. The van der Waals surface area contributed by atoms with Gasteiger partial charge in [0.2, 0.25) is 11.8 Å². The van der Waals surface area contributed by atoms with Gasteiger partial charge in [-0.15, -0.1) is 0 Å². The number of likely N-dealkylation sites (N-methyl/N-ethyl adjacent to an activating group) is 1. The van der Waals surface area contributed by atoms with Crippen molar-refractivity contribution in [3.05, 3.63) is 23.8 Å². The number of nitrogens with one attached hydrogen (secondary N) is 2. The topological polar surface area (TPSA) is 139 Å². The second-order valence-corrected chi connectivity index (χ2v) is 9.44. The normalized spacial score (nSPS) is 18.2. The van der Waals surface area contributed by atoms with Gasteiger partial charge in [0, 0.05) is 38.3 Å². The highest BCUT2D eigenvalue weighted by Crippen LogP contribution is 2.22. The second kappa shape index (κ2) is 9.24. The average Bonchev–Trinajstić information content (AvgIpc) is 2.98. The first kappa shape index (κ1) is 23.3. The van der Waals surface area contributed by atoms with Gasteiger partial charge in [-0.1, -0.05) is 0 Å². The number of sulfone groups is 1. The predicted octanol–water partition coefficient (Wildman–Crippen LogP) is 0.794. The lowest BCUT2D eigenvalue weighted by molar-refractivity contribution is -0.140. The largest absolute Gasteiger partial charge is 0.449 e. The number of nitrogens with zero attached hydrogens (tertiary/aromatic N) is 1. The monoisotopic (exact) mass is 439 g/mol. The van der Waals surface area contributed by atoms with Crippen LogP contribution in [0.15, 0.2) is 18.2 Å². The Morgan fingerprint density at radius 3 is 2.03 bits per heavy atom. The number of hydrogen-bond acceptors (Lipinski definition) is 7. The van der Waals surface area contributed by atoms with Gasteiger partial charge in [0.1, 0.15) is 0 Å². The number of ether oxygens (including phenoxy) is 1. The molecular formula is C19H25N3O7S. The molecule has 1 aliphatic heterocycles. The molecule has 0 radical (unpaired) electrons. The summed E-state index contributed by atoms with van der Waals surface area (Å²) < 4.78 is 28.5. The van der Waals surface area contributed by atoms with Crippen LogP contribution in [0.4, 0.5) is 11.4 Å². The minimum Gasteiger partial charge on any atom is -0.449 e. The van der Waals surface area contributed by atoms with Gasteiger partial charge in [-0.3, -0.25) is 14.4 Å². The molecule has 1 aromatic carbocycles. The molecule has 11 heteroatoms. The molecule has 1 aromatic rings. The minimum absolute atomic E-state index is 0.0192. The summed E-state index contributed by atoms with van der Waals surface area (Å²) >= 11 is 0. The zero-order valence-corrected chi connectivity index (χ0v) is 18.0. The van der Waals surface area contributed by atoms with Gasteiger partial charge in [0.25, 0.3) is 5.91 Å². The lowest BCUT2D eigenvalue weighted by atomic mass is 10.1. The van der Waals surface area contributed by atoms with Crippen LogP contribution in [-0.2, 0) is 29.0 Å². The third kappa shape index (κ3) is 6.28. The van der Waals surface area contributed by atoms with Crippen molar-refractivity contribution < 1.29 is 32.3 Å². The van der Waals surface area contributed by atoms with E-state index in [1.54, 1.807) is 0 Å². The van der Waals surface area contributed by atoms with E-state index in [1.807, 2.05) is 0 Å². The van der Waals surface area contributed by atoms with Crippen molar-refractivity contribution in [1.29, 1.82) is 0 Å². The molecule has 1 heterocycles. The molecule has 2 atom stereocenters. The van der Waals surface area contributed by atoms with Crippen LogP contribution < -0.4 is 10.6 Å². The maximum Gasteiger partial charge on any atom is 0.339 e. The van der Waals surface area contributed by atoms with Crippen LogP contribution in [0, 0.1) is 0 Å². The maximum absolute atomic E-state index is 12.6. The first-order chi connectivity index (χ1) is 13.9. The van der Waals surface area contributed by atoms with Crippen molar-refractivity contribution in [3.8, 4) is 0 Å². The molecule has 0 saturated carbocycles. The van der Waals surface area contributed by atoms with Crippen LogP contribution in [-0.4, -0.2) is 67.7 Å². The van der Waals surface area contributed by atoms with Crippen LogP contribution in [0.5, 0.6) is 0 Å². The molecule has 10 nitrogen and oxygen atoms in total. The first-order valence-corrected chi connectivity index (χ1v) is 11.1. The lowest BCUT2D eigenvalue weighted by Gasteiger charge is -2.26. The number of esters is 1. The molecule has 0 aliphatic carbocycles.